The first kappa shape index (κ1) is 13.7. The molecule has 2 heterocycles. The summed E-state index contributed by atoms with van der Waals surface area (Å²) in [5.74, 6) is 1.36. The van der Waals surface area contributed by atoms with Crippen molar-refractivity contribution < 1.29 is 4.74 Å². The van der Waals surface area contributed by atoms with E-state index < -0.39 is 0 Å². The van der Waals surface area contributed by atoms with Gasteiger partial charge in [0.15, 0.2) is 0 Å². The van der Waals surface area contributed by atoms with E-state index in [1.165, 1.54) is 17.3 Å². The van der Waals surface area contributed by atoms with Crippen molar-refractivity contribution in [3.8, 4) is 17.7 Å². The Labute approximate surface area is 133 Å². The van der Waals surface area contributed by atoms with Crippen LogP contribution in [0.2, 0.25) is 0 Å². The Kier molecular flexibility index (Phi) is 3.90. The molecule has 0 fully saturated rings. The van der Waals surface area contributed by atoms with Crippen molar-refractivity contribution in [2.45, 2.75) is 0 Å². The quantitative estimate of drug-likeness (QED) is 0.675. The summed E-state index contributed by atoms with van der Waals surface area (Å²) in [5, 5.41) is 6.85. The summed E-state index contributed by atoms with van der Waals surface area (Å²) >= 11 is 2.21. The smallest absolute Gasteiger partial charge is 0.328 e. The normalized spacial score (nSPS) is 10.4. The van der Waals surface area contributed by atoms with E-state index in [1.54, 1.807) is 7.05 Å². The Hall–Kier alpha value is -2.30. The van der Waals surface area contributed by atoms with Crippen LogP contribution >= 0.6 is 22.6 Å². The monoisotopic (exact) mass is 395 g/mol. The van der Waals surface area contributed by atoms with Crippen LogP contribution in [-0.4, -0.2) is 36.8 Å². The van der Waals surface area contributed by atoms with Crippen molar-refractivity contribution in [2.24, 2.45) is 0 Å². The summed E-state index contributed by atoms with van der Waals surface area (Å²) in [4.78, 5) is 16.5. The standard InChI is InChI=1S/C12H10IN7O/c1-14-10-17-11(20-7-15-6-16-20)19-12(18-10)21-9-4-2-3-8(13)5-9/h2-7H,1H3,(H,14,17,18,19). The number of anilines is 1. The highest BCUT2D eigenvalue weighted by molar-refractivity contribution is 14.1. The molecule has 0 saturated carbocycles. The van der Waals surface area contributed by atoms with Crippen molar-refractivity contribution in [1.82, 2.24) is 29.7 Å². The van der Waals surface area contributed by atoms with Gasteiger partial charge >= 0.3 is 6.01 Å². The predicted molar refractivity (Wildman–Crippen MR) is 83.5 cm³/mol. The summed E-state index contributed by atoms with van der Waals surface area (Å²) < 4.78 is 8.17. The van der Waals surface area contributed by atoms with E-state index >= 15 is 0 Å². The minimum absolute atomic E-state index is 0.182. The lowest BCUT2D eigenvalue weighted by Gasteiger charge is -2.07. The Morgan fingerprint density at radius 2 is 2.14 bits per heavy atom. The third kappa shape index (κ3) is 3.24. The third-order valence-electron chi connectivity index (χ3n) is 2.46. The summed E-state index contributed by atoms with van der Waals surface area (Å²) in [5.41, 5.74) is 0. The second-order valence-corrected chi connectivity index (χ2v) is 5.14. The Bertz CT molecular complexity index is 747. The molecule has 0 bridgehead atoms. The first-order valence-electron chi connectivity index (χ1n) is 5.97. The molecule has 3 aromatic rings. The number of rotatable bonds is 4. The molecular formula is C12H10IN7O. The topological polar surface area (TPSA) is 90.6 Å². The zero-order valence-electron chi connectivity index (χ0n) is 10.9. The number of aromatic nitrogens is 6. The highest BCUT2D eigenvalue weighted by atomic mass is 127. The Morgan fingerprint density at radius 3 is 2.86 bits per heavy atom. The van der Waals surface area contributed by atoms with Gasteiger partial charge in [-0.05, 0) is 40.8 Å². The van der Waals surface area contributed by atoms with E-state index in [2.05, 4.69) is 52.9 Å². The van der Waals surface area contributed by atoms with E-state index in [9.17, 15) is 0 Å². The number of halogens is 1. The van der Waals surface area contributed by atoms with Crippen LogP contribution in [0, 0.1) is 3.57 Å². The highest BCUT2D eigenvalue weighted by Gasteiger charge is 2.10. The molecule has 8 nitrogen and oxygen atoms in total. The third-order valence-corrected chi connectivity index (χ3v) is 3.13. The van der Waals surface area contributed by atoms with Crippen molar-refractivity contribution in [3.63, 3.8) is 0 Å². The van der Waals surface area contributed by atoms with Gasteiger partial charge in [-0.25, -0.2) is 4.98 Å². The number of ether oxygens (including phenoxy) is 1. The van der Waals surface area contributed by atoms with Gasteiger partial charge in [0.1, 0.15) is 18.4 Å². The van der Waals surface area contributed by atoms with Gasteiger partial charge in [-0.2, -0.15) is 24.7 Å². The van der Waals surface area contributed by atoms with Crippen LogP contribution in [-0.2, 0) is 0 Å². The summed E-state index contributed by atoms with van der Waals surface area (Å²) in [6.07, 6.45) is 2.91. The fraction of sp³-hybridized carbons (Fsp3) is 0.0833. The van der Waals surface area contributed by atoms with Crippen LogP contribution in [0.3, 0.4) is 0 Å². The number of hydrogen-bond acceptors (Lipinski definition) is 7. The van der Waals surface area contributed by atoms with Gasteiger partial charge in [0.2, 0.25) is 5.95 Å². The molecular weight excluding hydrogens is 385 g/mol. The molecule has 0 atom stereocenters. The largest absolute Gasteiger partial charge is 0.424 e. The maximum Gasteiger partial charge on any atom is 0.328 e. The highest BCUT2D eigenvalue weighted by Crippen LogP contribution is 2.21. The van der Waals surface area contributed by atoms with Crippen LogP contribution in [0.4, 0.5) is 5.95 Å². The number of nitrogens with zero attached hydrogens (tertiary/aromatic N) is 6. The lowest BCUT2D eigenvalue weighted by molar-refractivity contribution is 0.438. The summed E-state index contributed by atoms with van der Waals surface area (Å²) in [6, 6.07) is 7.77. The van der Waals surface area contributed by atoms with Gasteiger partial charge in [-0.15, -0.1) is 0 Å². The molecule has 0 saturated heterocycles. The lowest BCUT2D eigenvalue weighted by atomic mass is 10.3. The van der Waals surface area contributed by atoms with Gasteiger partial charge in [-0.1, -0.05) is 6.07 Å². The van der Waals surface area contributed by atoms with E-state index in [-0.39, 0.29) is 6.01 Å². The molecule has 2 aromatic heterocycles. The molecule has 0 radical (unpaired) electrons. The van der Waals surface area contributed by atoms with Gasteiger partial charge in [0.25, 0.3) is 5.95 Å². The van der Waals surface area contributed by atoms with E-state index in [1.807, 2.05) is 24.3 Å². The molecule has 1 N–H and O–H groups in total. The van der Waals surface area contributed by atoms with Crippen molar-refractivity contribution >= 4 is 28.5 Å². The molecule has 0 aliphatic carbocycles. The molecule has 0 unspecified atom stereocenters. The number of benzene rings is 1. The van der Waals surface area contributed by atoms with Crippen LogP contribution in [0.15, 0.2) is 36.9 Å². The zero-order valence-corrected chi connectivity index (χ0v) is 13.1. The number of hydrogen-bond donors (Lipinski definition) is 1. The fourth-order valence-electron chi connectivity index (χ4n) is 1.55. The maximum atomic E-state index is 5.67. The molecule has 1 aromatic carbocycles. The minimum Gasteiger partial charge on any atom is -0.424 e. The Balaban J connectivity index is 1.96. The van der Waals surface area contributed by atoms with Gasteiger partial charge in [0, 0.05) is 10.6 Å². The van der Waals surface area contributed by atoms with Crippen LogP contribution in [0.1, 0.15) is 0 Å². The van der Waals surface area contributed by atoms with Gasteiger partial charge in [0.05, 0.1) is 0 Å². The lowest BCUT2D eigenvalue weighted by Crippen LogP contribution is -2.08. The van der Waals surface area contributed by atoms with Crippen molar-refractivity contribution in [1.29, 1.82) is 0 Å². The van der Waals surface area contributed by atoms with Gasteiger partial charge in [-0.3, -0.25) is 0 Å². The predicted octanol–water partition coefficient (Wildman–Crippen LogP) is 1.89. The average Bonchev–Trinajstić information content (AvgIpc) is 3.01. The van der Waals surface area contributed by atoms with Crippen LogP contribution in [0.5, 0.6) is 11.8 Å². The molecule has 3 rings (SSSR count). The molecule has 0 aliphatic rings. The van der Waals surface area contributed by atoms with Gasteiger partial charge < -0.3 is 10.1 Å². The summed E-state index contributed by atoms with van der Waals surface area (Å²) in [6.45, 7) is 0. The van der Waals surface area contributed by atoms with E-state index in [4.69, 9.17) is 4.74 Å². The van der Waals surface area contributed by atoms with E-state index in [0.29, 0.717) is 17.6 Å². The molecule has 0 amide bonds. The maximum absolute atomic E-state index is 5.67. The molecule has 106 valence electrons. The summed E-state index contributed by atoms with van der Waals surface area (Å²) in [7, 11) is 1.72. The molecule has 21 heavy (non-hydrogen) atoms. The number of nitrogens with one attached hydrogen (secondary N) is 1. The van der Waals surface area contributed by atoms with Crippen molar-refractivity contribution in [3.05, 3.63) is 40.5 Å². The molecule has 0 aliphatic heterocycles. The van der Waals surface area contributed by atoms with Crippen molar-refractivity contribution in [2.75, 3.05) is 12.4 Å². The molecule has 0 spiro atoms. The van der Waals surface area contributed by atoms with Crippen LogP contribution in [0.25, 0.3) is 5.95 Å². The second kappa shape index (κ2) is 5.99. The average molecular weight is 395 g/mol. The van der Waals surface area contributed by atoms with E-state index in [0.717, 1.165) is 3.57 Å². The van der Waals surface area contributed by atoms with Crippen LogP contribution < -0.4 is 10.1 Å². The first-order valence-corrected chi connectivity index (χ1v) is 7.05. The second-order valence-electron chi connectivity index (χ2n) is 3.89. The Morgan fingerprint density at radius 1 is 1.24 bits per heavy atom. The molecule has 9 heteroatoms. The SMILES string of the molecule is CNc1nc(Oc2cccc(I)c2)nc(-n2cncn2)n1. The zero-order chi connectivity index (χ0) is 14.7. The fourth-order valence-corrected chi connectivity index (χ4v) is 2.07. The first-order chi connectivity index (χ1) is 10.2. The minimum atomic E-state index is 0.182.